The lowest BCUT2D eigenvalue weighted by molar-refractivity contribution is -0.118. The summed E-state index contributed by atoms with van der Waals surface area (Å²) < 4.78 is 0. The van der Waals surface area contributed by atoms with Crippen LogP contribution in [0.15, 0.2) is 12.3 Å². The van der Waals surface area contributed by atoms with Crippen molar-refractivity contribution in [1.82, 2.24) is 15.5 Å². The minimum absolute atomic E-state index is 0.244. The van der Waals surface area contributed by atoms with Crippen molar-refractivity contribution < 1.29 is 9.59 Å². The van der Waals surface area contributed by atoms with Crippen molar-refractivity contribution in [1.29, 1.82) is 0 Å². The molecule has 8 heteroatoms. The average Bonchev–Trinajstić information content (AvgIpc) is 2.72. The first-order chi connectivity index (χ1) is 9.09. The molecule has 2 amide bonds. The lowest BCUT2D eigenvalue weighted by Crippen LogP contribution is -2.25. The second-order valence-electron chi connectivity index (χ2n) is 3.92. The van der Waals surface area contributed by atoms with Crippen molar-refractivity contribution >= 4 is 39.1 Å². The second kappa shape index (κ2) is 5.61. The summed E-state index contributed by atoms with van der Waals surface area (Å²) in [5.74, 6) is -0.657. The highest BCUT2D eigenvalue weighted by Gasteiger charge is 2.16. The third-order valence-corrected chi connectivity index (χ3v) is 3.62. The number of carbonyl (C=O) groups is 2. The van der Waals surface area contributed by atoms with Crippen molar-refractivity contribution in [2.24, 2.45) is 5.73 Å². The fourth-order valence-corrected chi connectivity index (χ4v) is 2.54. The van der Waals surface area contributed by atoms with Gasteiger partial charge in [0.05, 0.1) is 11.9 Å². The molecule has 0 aliphatic heterocycles. The van der Waals surface area contributed by atoms with Gasteiger partial charge >= 0.3 is 0 Å². The molecular weight excluding hydrogens is 266 g/mol. The molecule has 0 saturated heterocycles. The van der Waals surface area contributed by atoms with Crippen molar-refractivity contribution in [2.45, 2.75) is 12.8 Å². The number of hydrogen-bond acceptors (Lipinski definition) is 6. The molecule has 0 aliphatic rings. The van der Waals surface area contributed by atoms with Gasteiger partial charge in [0.1, 0.15) is 9.71 Å². The van der Waals surface area contributed by atoms with Crippen LogP contribution >= 0.6 is 11.3 Å². The number of amides is 2. The molecule has 19 heavy (non-hydrogen) atoms. The Hall–Kier alpha value is -2.22. The Morgan fingerprint density at radius 3 is 2.89 bits per heavy atom. The second-order valence-corrected chi connectivity index (χ2v) is 4.92. The van der Waals surface area contributed by atoms with Gasteiger partial charge in [0.15, 0.2) is 0 Å². The molecule has 0 bridgehead atoms. The summed E-state index contributed by atoms with van der Waals surface area (Å²) in [6.07, 6.45) is 2.28. The number of hydrogen-bond donors (Lipinski definition) is 3. The van der Waals surface area contributed by atoms with E-state index in [0.717, 1.165) is 5.39 Å². The van der Waals surface area contributed by atoms with Gasteiger partial charge in [-0.3, -0.25) is 9.59 Å². The predicted octanol–water partition coefficient (Wildman–Crippen LogP) is 0.269. The minimum Gasteiger partial charge on any atom is -0.397 e. The third kappa shape index (κ3) is 2.97. The Kier molecular flexibility index (Phi) is 3.91. The van der Waals surface area contributed by atoms with E-state index in [1.54, 1.807) is 6.07 Å². The van der Waals surface area contributed by atoms with E-state index in [4.69, 9.17) is 11.5 Å². The SMILES string of the molecule is NC(=O)CCCNC(=O)c1sc2nnccc2c1N. The Bertz CT molecular complexity index is 625. The maximum absolute atomic E-state index is 11.9. The largest absolute Gasteiger partial charge is 0.397 e. The lowest BCUT2D eigenvalue weighted by Gasteiger charge is -2.03. The quantitative estimate of drug-likeness (QED) is 0.677. The van der Waals surface area contributed by atoms with Gasteiger partial charge in [0.2, 0.25) is 5.91 Å². The standard InChI is InChI=1S/C11H13N5O2S/c12-7(17)2-1-4-14-10(18)9-8(13)6-3-5-15-16-11(6)19-9/h3,5H,1-2,4,13H2,(H2,12,17)(H,14,18). The molecule has 2 heterocycles. The van der Waals surface area contributed by atoms with E-state index in [1.165, 1.54) is 17.5 Å². The van der Waals surface area contributed by atoms with Crippen LogP contribution in [0.3, 0.4) is 0 Å². The molecule has 0 aliphatic carbocycles. The van der Waals surface area contributed by atoms with Crippen LogP contribution in [-0.2, 0) is 4.79 Å². The molecule has 0 radical (unpaired) electrons. The van der Waals surface area contributed by atoms with Gasteiger partial charge in [-0.2, -0.15) is 5.10 Å². The van der Waals surface area contributed by atoms with E-state index in [1.807, 2.05) is 0 Å². The molecule has 2 rings (SSSR count). The minimum atomic E-state index is -0.383. The Morgan fingerprint density at radius 2 is 2.21 bits per heavy atom. The van der Waals surface area contributed by atoms with Gasteiger partial charge in [-0.25, -0.2) is 0 Å². The molecule has 5 N–H and O–H groups in total. The highest BCUT2D eigenvalue weighted by atomic mass is 32.1. The number of nitrogen functional groups attached to an aromatic ring is 1. The number of anilines is 1. The molecule has 0 saturated carbocycles. The van der Waals surface area contributed by atoms with Crippen LogP contribution in [0.5, 0.6) is 0 Å². The monoisotopic (exact) mass is 279 g/mol. The number of nitrogens with two attached hydrogens (primary N) is 2. The molecule has 100 valence electrons. The van der Waals surface area contributed by atoms with Crippen LogP contribution in [0.4, 0.5) is 5.69 Å². The van der Waals surface area contributed by atoms with Gasteiger partial charge in [-0.15, -0.1) is 16.4 Å². The zero-order valence-corrected chi connectivity index (χ0v) is 10.9. The van der Waals surface area contributed by atoms with E-state index in [0.29, 0.717) is 28.4 Å². The molecule has 0 atom stereocenters. The highest BCUT2D eigenvalue weighted by molar-refractivity contribution is 7.21. The molecule has 0 aromatic carbocycles. The summed E-state index contributed by atoms with van der Waals surface area (Å²) in [6.45, 7) is 0.376. The zero-order valence-electron chi connectivity index (χ0n) is 10.0. The normalized spacial score (nSPS) is 10.5. The lowest BCUT2D eigenvalue weighted by atomic mass is 10.2. The number of nitrogens with zero attached hydrogens (tertiary/aromatic N) is 2. The smallest absolute Gasteiger partial charge is 0.263 e. The number of rotatable bonds is 5. The molecular formula is C11H13N5O2S. The topological polar surface area (TPSA) is 124 Å². The fraction of sp³-hybridized carbons (Fsp3) is 0.273. The summed E-state index contributed by atoms with van der Waals surface area (Å²) in [4.78, 5) is 23.5. The zero-order chi connectivity index (χ0) is 13.8. The van der Waals surface area contributed by atoms with Crippen LogP contribution in [0.1, 0.15) is 22.5 Å². The summed E-state index contributed by atoms with van der Waals surface area (Å²) >= 11 is 1.19. The predicted molar refractivity (Wildman–Crippen MR) is 72.6 cm³/mol. The number of primary amides is 1. The maximum atomic E-state index is 11.9. The van der Waals surface area contributed by atoms with Crippen LogP contribution in [0.2, 0.25) is 0 Å². The Balaban J connectivity index is 2.05. The van der Waals surface area contributed by atoms with Gasteiger partial charge in [0.25, 0.3) is 5.91 Å². The first-order valence-electron chi connectivity index (χ1n) is 5.65. The molecule has 2 aromatic rings. The number of carbonyl (C=O) groups excluding carboxylic acids is 2. The Morgan fingerprint density at radius 1 is 1.42 bits per heavy atom. The number of fused-ring (bicyclic) bond motifs is 1. The third-order valence-electron chi connectivity index (χ3n) is 2.51. The maximum Gasteiger partial charge on any atom is 0.263 e. The highest BCUT2D eigenvalue weighted by Crippen LogP contribution is 2.31. The number of nitrogens with one attached hydrogen (secondary N) is 1. The molecule has 7 nitrogen and oxygen atoms in total. The van der Waals surface area contributed by atoms with Gasteiger partial charge in [-0.05, 0) is 12.5 Å². The average molecular weight is 279 g/mol. The first kappa shape index (κ1) is 13.2. The van der Waals surface area contributed by atoms with Crippen LogP contribution in [-0.4, -0.2) is 28.6 Å². The first-order valence-corrected chi connectivity index (χ1v) is 6.47. The fourth-order valence-electron chi connectivity index (χ4n) is 1.59. The van der Waals surface area contributed by atoms with Gasteiger partial charge in [-0.1, -0.05) is 0 Å². The van der Waals surface area contributed by atoms with Crippen LogP contribution < -0.4 is 16.8 Å². The summed E-state index contributed by atoms with van der Waals surface area (Å²) in [5, 5.41) is 11.1. The molecule has 0 fully saturated rings. The molecule has 2 aromatic heterocycles. The van der Waals surface area contributed by atoms with Gasteiger partial charge < -0.3 is 16.8 Å². The van der Waals surface area contributed by atoms with E-state index in [9.17, 15) is 9.59 Å². The number of thiophene rings is 1. The Labute approximate surface area is 113 Å². The van der Waals surface area contributed by atoms with E-state index in [-0.39, 0.29) is 18.2 Å². The van der Waals surface area contributed by atoms with Crippen molar-refractivity contribution in [2.75, 3.05) is 12.3 Å². The van der Waals surface area contributed by atoms with Crippen LogP contribution in [0.25, 0.3) is 10.2 Å². The molecule has 0 unspecified atom stereocenters. The summed E-state index contributed by atoms with van der Waals surface area (Å²) in [7, 11) is 0. The molecule has 0 spiro atoms. The van der Waals surface area contributed by atoms with Crippen molar-refractivity contribution in [3.63, 3.8) is 0 Å². The van der Waals surface area contributed by atoms with Crippen LogP contribution in [0, 0.1) is 0 Å². The summed E-state index contributed by atoms with van der Waals surface area (Å²) in [5.41, 5.74) is 11.3. The summed E-state index contributed by atoms with van der Waals surface area (Å²) in [6, 6.07) is 1.72. The van der Waals surface area contributed by atoms with Crippen molar-refractivity contribution in [3.05, 3.63) is 17.1 Å². The van der Waals surface area contributed by atoms with Crippen molar-refractivity contribution in [3.8, 4) is 0 Å². The van der Waals surface area contributed by atoms with E-state index >= 15 is 0 Å². The van der Waals surface area contributed by atoms with E-state index < -0.39 is 0 Å². The van der Waals surface area contributed by atoms with Gasteiger partial charge in [0, 0.05) is 18.4 Å². The number of aromatic nitrogens is 2. The van der Waals surface area contributed by atoms with E-state index in [2.05, 4.69) is 15.5 Å².